The zero-order chi connectivity index (χ0) is 8.97. The second-order valence-electron chi connectivity index (χ2n) is 2.54. The van der Waals surface area contributed by atoms with Gasteiger partial charge in [-0.2, -0.15) is 0 Å². The summed E-state index contributed by atoms with van der Waals surface area (Å²) in [7, 11) is 5.34. The smallest absolute Gasteiger partial charge is 0.335 e. The Morgan fingerprint density at radius 1 is 1.33 bits per heavy atom. The van der Waals surface area contributed by atoms with Crippen LogP contribution >= 0.6 is 0 Å². The molecule has 0 aliphatic heterocycles. The minimum Gasteiger partial charge on any atom is -0.478 e. The van der Waals surface area contributed by atoms with E-state index in [0.29, 0.717) is 11.9 Å². The van der Waals surface area contributed by atoms with Crippen LogP contribution < -0.4 is 0 Å². The van der Waals surface area contributed by atoms with Crippen LogP contribution in [0, 0.1) is 0 Å². The van der Waals surface area contributed by atoms with E-state index in [1.807, 2.05) is 0 Å². The van der Waals surface area contributed by atoms with Gasteiger partial charge in [-0.3, -0.25) is 0 Å². The highest BCUT2D eigenvalue weighted by atomic mass is 16.4. The van der Waals surface area contributed by atoms with Crippen molar-refractivity contribution in [2.24, 2.45) is 0 Å². The van der Waals surface area contributed by atoms with Crippen molar-refractivity contribution in [2.45, 2.75) is 12.7 Å². The average Bonchev–Trinajstić information content (AvgIpc) is 2.06. The molecule has 2 radical (unpaired) electrons. The van der Waals surface area contributed by atoms with Gasteiger partial charge in [-0.1, -0.05) is 18.5 Å². The average molecular weight is 160 g/mol. The van der Waals surface area contributed by atoms with Crippen molar-refractivity contribution in [3.8, 4) is 0 Å². The van der Waals surface area contributed by atoms with Gasteiger partial charge in [0.2, 0.25) is 0 Å². The Labute approximate surface area is 72.6 Å². The molecule has 1 N–H and O–H groups in total. The molecule has 0 aliphatic carbocycles. The zero-order valence-corrected chi connectivity index (χ0v) is 6.66. The van der Waals surface area contributed by atoms with Crippen LogP contribution in [-0.4, -0.2) is 18.9 Å². The lowest BCUT2D eigenvalue weighted by Crippen LogP contribution is -1.95. The molecule has 0 aliphatic rings. The van der Waals surface area contributed by atoms with Gasteiger partial charge in [0.05, 0.1) is 13.4 Å². The van der Waals surface area contributed by atoms with Gasteiger partial charge in [-0.15, -0.1) is 0 Å². The predicted octanol–water partition coefficient (Wildman–Crippen LogP) is 1.51. The van der Waals surface area contributed by atoms with E-state index in [2.05, 4.69) is 0 Å². The predicted molar refractivity (Wildman–Crippen MR) is 47.7 cm³/mol. The Kier molecular flexibility index (Phi) is 2.91. The van der Waals surface area contributed by atoms with Crippen molar-refractivity contribution in [1.82, 2.24) is 0 Å². The van der Waals surface area contributed by atoms with Crippen molar-refractivity contribution in [2.75, 3.05) is 0 Å². The minimum absolute atomic E-state index is 0.316. The molecule has 0 saturated carbocycles. The van der Waals surface area contributed by atoms with Crippen LogP contribution in [0.15, 0.2) is 24.3 Å². The van der Waals surface area contributed by atoms with Crippen LogP contribution in [0.1, 0.15) is 15.9 Å². The lowest BCUT2D eigenvalue weighted by atomic mass is 9.97. The molecule has 60 valence electrons. The van der Waals surface area contributed by atoms with Crippen LogP contribution in [0.25, 0.3) is 0 Å². The maximum absolute atomic E-state index is 10.4. The van der Waals surface area contributed by atoms with Gasteiger partial charge in [-0.05, 0) is 24.1 Å². The molecule has 2 nitrogen and oxygen atoms in total. The molecular weight excluding hydrogens is 151 g/mol. The van der Waals surface area contributed by atoms with Crippen LogP contribution in [0.2, 0.25) is 6.32 Å². The van der Waals surface area contributed by atoms with Gasteiger partial charge in [0, 0.05) is 0 Å². The number of aryl methyl sites for hydroxylation is 1. The van der Waals surface area contributed by atoms with Gasteiger partial charge in [0.15, 0.2) is 0 Å². The number of carbonyl (C=O) groups is 1. The quantitative estimate of drug-likeness (QED) is 0.680. The first-order valence-corrected chi connectivity index (χ1v) is 3.76. The highest BCUT2D eigenvalue weighted by molar-refractivity contribution is 6.08. The van der Waals surface area contributed by atoms with Crippen molar-refractivity contribution >= 4 is 13.8 Å². The molecule has 0 unspecified atom stereocenters. The molecule has 3 heteroatoms. The molecule has 0 spiro atoms. The SMILES string of the molecule is [B]CCc1ccc(C(=O)O)cc1. The molecule has 1 aromatic carbocycles. The third-order valence-electron chi connectivity index (χ3n) is 1.63. The number of aromatic carboxylic acids is 1. The summed E-state index contributed by atoms with van der Waals surface area (Å²) >= 11 is 0. The Bertz CT molecular complexity index is 266. The Morgan fingerprint density at radius 2 is 1.92 bits per heavy atom. The van der Waals surface area contributed by atoms with Crippen molar-refractivity contribution < 1.29 is 9.90 Å². The summed E-state index contributed by atoms with van der Waals surface area (Å²) in [4.78, 5) is 10.4. The van der Waals surface area contributed by atoms with E-state index in [-0.39, 0.29) is 0 Å². The lowest BCUT2D eigenvalue weighted by molar-refractivity contribution is 0.0697. The summed E-state index contributed by atoms with van der Waals surface area (Å²) in [5.74, 6) is -0.894. The topological polar surface area (TPSA) is 37.3 Å². The fraction of sp³-hybridized carbons (Fsp3) is 0.222. The van der Waals surface area contributed by atoms with Gasteiger partial charge >= 0.3 is 5.97 Å². The number of carboxylic acid groups (broad SMARTS) is 1. The Hall–Kier alpha value is -1.25. The largest absolute Gasteiger partial charge is 0.478 e. The fourth-order valence-electron chi connectivity index (χ4n) is 0.981. The van der Waals surface area contributed by atoms with Crippen molar-refractivity contribution in [3.63, 3.8) is 0 Å². The van der Waals surface area contributed by atoms with E-state index in [4.69, 9.17) is 13.0 Å². The van der Waals surface area contributed by atoms with Gasteiger partial charge in [0.1, 0.15) is 0 Å². The third kappa shape index (κ3) is 2.12. The van der Waals surface area contributed by atoms with Crippen LogP contribution in [0.3, 0.4) is 0 Å². The molecule has 0 saturated heterocycles. The zero-order valence-electron chi connectivity index (χ0n) is 6.66. The maximum atomic E-state index is 10.4. The molecular formula is C9H9BO2. The normalized spacial score (nSPS) is 9.67. The van der Waals surface area contributed by atoms with Gasteiger partial charge in [-0.25, -0.2) is 4.79 Å². The van der Waals surface area contributed by atoms with E-state index in [9.17, 15) is 4.79 Å². The van der Waals surface area contributed by atoms with Crippen LogP contribution in [0.5, 0.6) is 0 Å². The summed E-state index contributed by atoms with van der Waals surface area (Å²) in [6, 6.07) is 6.76. The first-order valence-electron chi connectivity index (χ1n) is 3.76. The third-order valence-corrected chi connectivity index (χ3v) is 1.63. The minimum atomic E-state index is -0.894. The highest BCUT2D eigenvalue weighted by Crippen LogP contribution is 2.05. The number of benzene rings is 1. The van der Waals surface area contributed by atoms with Gasteiger partial charge in [0.25, 0.3) is 0 Å². The number of carboxylic acids is 1. The molecule has 0 fully saturated rings. The highest BCUT2D eigenvalue weighted by Gasteiger charge is 2.00. The number of hydrogen-bond acceptors (Lipinski definition) is 1. The summed E-state index contributed by atoms with van der Waals surface area (Å²) < 4.78 is 0. The summed E-state index contributed by atoms with van der Waals surface area (Å²) in [5, 5.41) is 8.58. The second-order valence-corrected chi connectivity index (χ2v) is 2.54. The van der Waals surface area contributed by atoms with E-state index in [0.717, 1.165) is 12.0 Å². The molecule has 0 amide bonds. The molecule has 1 rings (SSSR count). The summed E-state index contributed by atoms with van der Waals surface area (Å²) in [6.07, 6.45) is 1.38. The molecule has 12 heavy (non-hydrogen) atoms. The van der Waals surface area contributed by atoms with Crippen LogP contribution in [0.4, 0.5) is 0 Å². The molecule has 0 bridgehead atoms. The monoisotopic (exact) mass is 160 g/mol. The fourth-order valence-corrected chi connectivity index (χ4v) is 0.981. The number of rotatable bonds is 3. The van der Waals surface area contributed by atoms with E-state index in [1.165, 1.54) is 0 Å². The van der Waals surface area contributed by atoms with Crippen LogP contribution in [-0.2, 0) is 6.42 Å². The van der Waals surface area contributed by atoms with E-state index >= 15 is 0 Å². The number of hydrogen-bond donors (Lipinski definition) is 1. The van der Waals surface area contributed by atoms with Crippen molar-refractivity contribution in [1.29, 1.82) is 0 Å². The first-order chi connectivity index (χ1) is 5.74. The molecule has 0 heterocycles. The second kappa shape index (κ2) is 3.95. The van der Waals surface area contributed by atoms with Crippen molar-refractivity contribution in [3.05, 3.63) is 35.4 Å². The first kappa shape index (κ1) is 8.85. The lowest BCUT2D eigenvalue weighted by Gasteiger charge is -1.98. The summed E-state index contributed by atoms with van der Waals surface area (Å²) in [6.45, 7) is 0. The molecule has 0 aromatic heterocycles. The Morgan fingerprint density at radius 3 is 2.33 bits per heavy atom. The maximum Gasteiger partial charge on any atom is 0.335 e. The van der Waals surface area contributed by atoms with E-state index < -0.39 is 5.97 Å². The van der Waals surface area contributed by atoms with E-state index in [1.54, 1.807) is 24.3 Å². The Balaban J connectivity index is 2.78. The molecule has 0 atom stereocenters. The van der Waals surface area contributed by atoms with Gasteiger partial charge < -0.3 is 5.11 Å². The summed E-state index contributed by atoms with van der Waals surface area (Å²) in [5.41, 5.74) is 1.39. The standard InChI is InChI=1S/C9H9BO2/c10-6-5-7-1-3-8(4-2-7)9(11)12/h1-4H,5-6H2,(H,11,12). The molecule has 1 aromatic rings.